The summed E-state index contributed by atoms with van der Waals surface area (Å²) >= 11 is 0. The molecule has 5 N–H and O–H groups in total. The van der Waals surface area contributed by atoms with Gasteiger partial charge in [-0.25, -0.2) is 0 Å². The summed E-state index contributed by atoms with van der Waals surface area (Å²) < 4.78 is 0. The second-order valence-electron chi connectivity index (χ2n) is 1.63. The van der Waals surface area contributed by atoms with Crippen molar-refractivity contribution < 1.29 is 29.1 Å². The van der Waals surface area contributed by atoms with Crippen LogP contribution in [0.3, 0.4) is 0 Å². The Bertz CT molecular complexity index is 105. The Morgan fingerprint density at radius 3 is 1.89 bits per heavy atom. The molecular weight excluding hydrogens is 231 g/mol. The molecule has 5 heteroatoms. The van der Waals surface area contributed by atoms with Gasteiger partial charge >= 0.3 is 5.96 Å². The molecule has 0 saturated carbocycles. The van der Waals surface area contributed by atoms with Gasteiger partial charge in [-0.2, -0.15) is 5.10 Å². The van der Waals surface area contributed by atoms with Gasteiger partial charge < -0.3 is 24.0 Å². The van der Waals surface area contributed by atoms with Crippen LogP contribution in [0.1, 0.15) is 13.8 Å². The van der Waals surface area contributed by atoms with Crippen molar-refractivity contribution in [1.29, 1.82) is 0 Å². The molecule has 0 fully saturated rings. The summed E-state index contributed by atoms with van der Waals surface area (Å²) in [5.74, 6) is 0.117. The van der Waals surface area contributed by atoms with E-state index in [9.17, 15) is 0 Å². The average molecular weight is 242 g/mol. The van der Waals surface area contributed by atoms with Crippen molar-refractivity contribution in [3.63, 3.8) is 0 Å². The third-order valence-electron chi connectivity index (χ3n) is 0.409. The Hall–Kier alpha value is -0.330. The van der Waals surface area contributed by atoms with Crippen molar-refractivity contribution in [2.24, 2.45) is 16.6 Å². The lowest BCUT2D eigenvalue weighted by Crippen LogP contribution is -3.00. The average Bonchev–Trinajstić information content (AvgIpc) is 1.61. The molecule has 0 aromatic heterocycles. The number of nitrogens with zero attached hydrogens (tertiary/aromatic N) is 1. The highest BCUT2D eigenvalue weighted by Gasteiger charge is 1.80. The molecule has 0 atom stereocenters. The van der Waals surface area contributed by atoms with Crippen LogP contribution < -0.4 is 40.5 Å². The Morgan fingerprint density at radius 1 is 1.33 bits per heavy atom. The van der Waals surface area contributed by atoms with Gasteiger partial charge in [0.25, 0.3) is 0 Å². The van der Waals surface area contributed by atoms with Crippen LogP contribution in [0.2, 0.25) is 0 Å². The smallest absolute Gasteiger partial charge is 0.362 e. The van der Waals surface area contributed by atoms with Crippen LogP contribution in [-0.4, -0.2) is 11.7 Å². The van der Waals surface area contributed by atoms with Crippen molar-refractivity contribution in [2.75, 3.05) is 0 Å². The molecule has 4 nitrogen and oxygen atoms in total. The number of nitrogens with two attached hydrogens (primary N) is 2. The van der Waals surface area contributed by atoms with E-state index in [1.807, 2.05) is 13.8 Å². The maximum atomic E-state index is 5.02. The molecular formula is C4H11IN4. The third-order valence-corrected chi connectivity index (χ3v) is 0.409. The number of hydrogen-bond donors (Lipinski definition) is 3. The minimum Gasteiger partial charge on any atom is -1.00 e. The van der Waals surface area contributed by atoms with Gasteiger partial charge in [-0.05, 0) is 13.8 Å². The Balaban J connectivity index is 0. The topological polar surface area (TPSA) is 78.4 Å². The van der Waals surface area contributed by atoms with E-state index in [1.165, 1.54) is 0 Å². The predicted octanol–water partition coefficient (Wildman–Crippen LogP) is -5.26. The summed E-state index contributed by atoms with van der Waals surface area (Å²) in [7, 11) is 0. The van der Waals surface area contributed by atoms with E-state index in [4.69, 9.17) is 11.5 Å². The fraction of sp³-hybridized carbons (Fsp3) is 0.500. The number of hydrazone groups is 1. The zero-order valence-electron chi connectivity index (χ0n) is 5.48. The van der Waals surface area contributed by atoms with Gasteiger partial charge in [0.15, 0.2) is 0 Å². The highest BCUT2D eigenvalue weighted by atomic mass is 127. The Labute approximate surface area is 71.4 Å². The lowest BCUT2D eigenvalue weighted by atomic mass is 10.5. The molecule has 0 aliphatic heterocycles. The van der Waals surface area contributed by atoms with Crippen molar-refractivity contribution in [1.82, 2.24) is 0 Å². The van der Waals surface area contributed by atoms with Gasteiger partial charge in [0.05, 0.1) is 0 Å². The lowest BCUT2D eigenvalue weighted by Gasteiger charge is -1.79. The summed E-state index contributed by atoms with van der Waals surface area (Å²) in [6, 6.07) is 0. The zero-order chi connectivity index (χ0) is 6.57. The minimum absolute atomic E-state index is 0. The van der Waals surface area contributed by atoms with Crippen LogP contribution in [0.25, 0.3) is 0 Å². The summed E-state index contributed by atoms with van der Waals surface area (Å²) in [5, 5.41) is 6.11. The molecule has 0 aromatic rings. The van der Waals surface area contributed by atoms with Crippen LogP contribution in [-0.2, 0) is 0 Å². The largest absolute Gasteiger partial charge is 1.00 e. The van der Waals surface area contributed by atoms with Crippen LogP contribution in [0.4, 0.5) is 0 Å². The quantitative estimate of drug-likeness (QED) is 0.186. The van der Waals surface area contributed by atoms with Gasteiger partial charge in [0, 0.05) is 5.71 Å². The van der Waals surface area contributed by atoms with E-state index in [2.05, 4.69) is 10.2 Å². The first kappa shape index (κ1) is 11.5. The third kappa shape index (κ3) is 11.3. The summed E-state index contributed by atoms with van der Waals surface area (Å²) in [5.41, 5.74) is 10.9. The fourth-order valence-electron chi connectivity index (χ4n) is 0.176. The highest BCUT2D eigenvalue weighted by molar-refractivity contribution is 5.78. The van der Waals surface area contributed by atoms with Crippen molar-refractivity contribution >= 4 is 11.7 Å². The van der Waals surface area contributed by atoms with Crippen molar-refractivity contribution in [3.05, 3.63) is 0 Å². The van der Waals surface area contributed by atoms with Gasteiger partial charge in [-0.15, -0.1) is 5.10 Å². The van der Waals surface area contributed by atoms with Crippen LogP contribution in [0.5, 0.6) is 0 Å². The maximum absolute atomic E-state index is 5.02. The molecule has 0 rings (SSSR count). The first-order valence-corrected chi connectivity index (χ1v) is 2.27. The van der Waals surface area contributed by atoms with E-state index >= 15 is 0 Å². The minimum atomic E-state index is 0. The van der Waals surface area contributed by atoms with Gasteiger partial charge in [-0.3, -0.25) is 11.5 Å². The first-order valence-electron chi connectivity index (χ1n) is 2.27. The highest BCUT2D eigenvalue weighted by Crippen LogP contribution is 1.58. The molecule has 0 radical (unpaired) electrons. The van der Waals surface area contributed by atoms with Crippen LogP contribution in [0, 0.1) is 0 Å². The number of nitrogens with one attached hydrogen (secondary N) is 1. The molecule has 0 amide bonds. The Morgan fingerprint density at radius 2 is 1.78 bits per heavy atom. The van der Waals surface area contributed by atoms with Crippen molar-refractivity contribution in [2.45, 2.75) is 13.8 Å². The number of halogens is 1. The van der Waals surface area contributed by atoms with Gasteiger partial charge in [0.1, 0.15) is 0 Å². The standard InChI is InChI=1S/C4H10N4.HI/c1-3(2)7-8-4(5)6;/h1-2H3,(H4,5,6,8);1H. The molecule has 0 unspecified atom stereocenters. The Kier molecular flexibility index (Phi) is 7.39. The van der Waals surface area contributed by atoms with Crippen LogP contribution >= 0.6 is 0 Å². The lowest BCUT2D eigenvalue weighted by molar-refractivity contribution is -0.464. The second kappa shape index (κ2) is 5.80. The summed E-state index contributed by atoms with van der Waals surface area (Å²) in [4.78, 5) is 0. The first-order chi connectivity index (χ1) is 3.63. The maximum Gasteiger partial charge on any atom is 0.362 e. The number of hydrogen-bond acceptors (Lipinski definition) is 1. The normalized spacial score (nSPS) is 6.89. The van der Waals surface area contributed by atoms with E-state index in [-0.39, 0.29) is 29.9 Å². The van der Waals surface area contributed by atoms with E-state index < -0.39 is 0 Å². The predicted molar refractivity (Wildman–Crippen MR) is 33.1 cm³/mol. The number of rotatable bonds is 1. The van der Waals surface area contributed by atoms with Crippen molar-refractivity contribution in [3.8, 4) is 0 Å². The number of guanidine groups is 1. The summed E-state index contributed by atoms with van der Waals surface area (Å²) in [6.07, 6.45) is 0. The van der Waals surface area contributed by atoms with Gasteiger partial charge in [0.2, 0.25) is 0 Å². The molecule has 0 aromatic carbocycles. The molecule has 0 saturated heterocycles. The summed E-state index contributed by atoms with van der Waals surface area (Å²) in [6.45, 7) is 3.69. The molecule has 9 heavy (non-hydrogen) atoms. The fourth-order valence-corrected chi connectivity index (χ4v) is 0.176. The van der Waals surface area contributed by atoms with E-state index in [0.717, 1.165) is 5.71 Å². The zero-order valence-corrected chi connectivity index (χ0v) is 7.64. The molecule has 0 spiro atoms. The van der Waals surface area contributed by atoms with E-state index in [0.29, 0.717) is 0 Å². The molecule has 0 bridgehead atoms. The van der Waals surface area contributed by atoms with E-state index in [1.54, 1.807) is 0 Å². The second-order valence-corrected chi connectivity index (χ2v) is 1.63. The monoisotopic (exact) mass is 242 g/mol. The molecule has 54 valence electrons. The van der Waals surface area contributed by atoms with Gasteiger partial charge in [-0.1, -0.05) is 0 Å². The SMILES string of the molecule is CC(C)=N[NH+]=C(N)N.[I-]. The molecule has 0 aliphatic rings. The molecule has 0 aliphatic carbocycles. The van der Waals surface area contributed by atoms with Crippen LogP contribution in [0.15, 0.2) is 5.10 Å². The molecule has 0 heterocycles.